The molecule has 0 N–H and O–H groups in total. The number of hydrogen-bond donors (Lipinski definition) is 0. The molecule has 1 rings (SSSR count). The Morgan fingerprint density at radius 1 is 1.33 bits per heavy atom. The molecule has 0 saturated heterocycles. The Balaban J connectivity index is 2.35. The van der Waals surface area contributed by atoms with Crippen LogP contribution in [0.1, 0.15) is 12.5 Å². The summed E-state index contributed by atoms with van der Waals surface area (Å²) >= 11 is 3.31. The number of rotatable bonds is 5. The summed E-state index contributed by atoms with van der Waals surface area (Å²) in [6.07, 6.45) is 0. The molecule has 0 amide bonds. The third-order valence-electron chi connectivity index (χ3n) is 1.86. The molecule has 0 bridgehead atoms. The molecule has 0 aliphatic rings. The van der Waals surface area contributed by atoms with E-state index in [-0.39, 0.29) is 6.61 Å². The molecule has 84 valence electrons. The highest BCUT2D eigenvalue weighted by atomic mass is 79.9. The molecular weight excluding hydrogens is 266 g/mol. The van der Waals surface area contributed by atoms with Gasteiger partial charge in [-0.1, -0.05) is 28.1 Å². The lowest BCUT2D eigenvalue weighted by atomic mass is 10.2. The van der Waals surface area contributed by atoms with Crippen molar-refractivity contribution in [1.82, 2.24) is 0 Å². The molecule has 0 unspecified atom stereocenters. The average Bonchev–Trinajstić information content (AvgIpc) is 2.21. The molecule has 0 aromatic heterocycles. The summed E-state index contributed by atoms with van der Waals surface area (Å²) in [6.45, 7) is 0.244. The molecular formula is C11H13BrF2O. The van der Waals surface area contributed by atoms with Gasteiger partial charge in [0.05, 0.1) is 13.2 Å². The molecule has 1 aromatic rings. The SMILES string of the molecule is C[C@@](F)(CF)COCc1ccc(Br)cc1. The maximum atomic E-state index is 13.1. The van der Waals surface area contributed by atoms with E-state index in [9.17, 15) is 8.78 Å². The Bertz CT molecular complexity index is 298. The lowest BCUT2D eigenvalue weighted by molar-refractivity contribution is 0.00382. The van der Waals surface area contributed by atoms with Gasteiger partial charge in [0.1, 0.15) is 6.67 Å². The van der Waals surface area contributed by atoms with Crippen LogP contribution in [0.3, 0.4) is 0 Å². The fourth-order valence-corrected chi connectivity index (χ4v) is 1.27. The van der Waals surface area contributed by atoms with Gasteiger partial charge in [-0.15, -0.1) is 0 Å². The van der Waals surface area contributed by atoms with E-state index in [4.69, 9.17) is 4.74 Å². The quantitative estimate of drug-likeness (QED) is 0.799. The van der Waals surface area contributed by atoms with Gasteiger partial charge in [0.15, 0.2) is 5.67 Å². The molecule has 0 aliphatic heterocycles. The van der Waals surface area contributed by atoms with Crippen LogP contribution in [-0.4, -0.2) is 19.0 Å². The van der Waals surface area contributed by atoms with Crippen molar-refractivity contribution < 1.29 is 13.5 Å². The summed E-state index contributed by atoms with van der Waals surface area (Å²) < 4.78 is 31.2. The third kappa shape index (κ3) is 4.71. The van der Waals surface area contributed by atoms with E-state index in [0.717, 1.165) is 10.0 Å². The number of benzene rings is 1. The molecule has 0 aliphatic carbocycles. The second-order valence-corrected chi connectivity index (χ2v) is 4.58. The van der Waals surface area contributed by atoms with Crippen molar-refractivity contribution in [3.63, 3.8) is 0 Å². The van der Waals surface area contributed by atoms with Crippen molar-refractivity contribution >= 4 is 15.9 Å². The minimum absolute atomic E-state index is 0.223. The monoisotopic (exact) mass is 278 g/mol. The predicted octanol–water partition coefficient (Wildman–Crippen LogP) is 3.66. The van der Waals surface area contributed by atoms with Crippen LogP contribution in [0.15, 0.2) is 28.7 Å². The summed E-state index contributed by atoms with van der Waals surface area (Å²) in [4.78, 5) is 0. The Labute approximate surface area is 96.6 Å². The highest BCUT2D eigenvalue weighted by molar-refractivity contribution is 9.10. The first kappa shape index (κ1) is 12.6. The molecule has 0 fully saturated rings. The van der Waals surface area contributed by atoms with Crippen LogP contribution in [0.4, 0.5) is 8.78 Å². The smallest absolute Gasteiger partial charge is 0.159 e. The maximum absolute atomic E-state index is 13.1. The van der Waals surface area contributed by atoms with Gasteiger partial charge in [0.25, 0.3) is 0 Å². The molecule has 0 spiro atoms. The van der Waals surface area contributed by atoms with E-state index in [0.29, 0.717) is 6.61 Å². The highest BCUT2D eigenvalue weighted by Gasteiger charge is 2.23. The van der Waals surface area contributed by atoms with Crippen molar-refractivity contribution in [2.45, 2.75) is 19.2 Å². The van der Waals surface area contributed by atoms with E-state index in [1.165, 1.54) is 6.92 Å². The van der Waals surface area contributed by atoms with Crippen molar-refractivity contribution in [1.29, 1.82) is 0 Å². The summed E-state index contributed by atoms with van der Waals surface area (Å²) in [5.41, 5.74) is -0.942. The number of ether oxygens (including phenoxy) is 1. The Morgan fingerprint density at radius 3 is 2.47 bits per heavy atom. The van der Waals surface area contributed by atoms with E-state index in [1.807, 2.05) is 24.3 Å². The van der Waals surface area contributed by atoms with Crippen LogP contribution in [0, 0.1) is 0 Å². The van der Waals surface area contributed by atoms with E-state index in [2.05, 4.69) is 15.9 Å². The Morgan fingerprint density at radius 2 is 1.93 bits per heavy atom. The largest absolute Gasteiger partial charge is 0.373 e. The average molecular weight is 279 g/mol. The minimum atomic E-state index is -1.88. The van der Waals surface area contributed by atoms with Crippen LogP contribution in [0.5, 0.6) is 0 Å². The van der Waals surface area contributed by atoms with Crippen molar-refractivity contribution in [3.05, 3.63) is 34.3 Å². The zero-order chi connectivity index (χ0) is 11.3. The molecule has 1 nitrogen and oxygen atoms in total. The highest BCUT2D eigenvalue weighted by Crippen LogP contribution is 2.14. The second kappa shape index (κ2) is 5.56. The van der Waals surface area contributed by atoms with Gasteiger partial charge >= 0.3 is 0 Å². The fraction of sp³-hybridized carbons (Fsp3) is 0.455. The predicted molar refractivity (Wildman–Crippen MR) is 59.3 cm³/mol. The van der Waals surface area contributed by atoms with Crippen LogP contribution in [-0.2, 0) is 11.3 Å². The Kier molecular flexibility index (Phi) is 4.67. The first-order valence-electron chi connectivity index (χ1n) is 4.60. The van der Waals surface area contributed by atoms with Crippen molar-refractivity contribution in [2.75, 3.05) is 13.3 Å². The van der Waals surface area contributed by atoms with Gasteiger partial charge in [-0.05, 0) is 24.6 Å². The van der Waals surface area contributed by atoms with Gasteiger partial charge < -0.3 is 4.74 Å². The molecule has 15 heavy (non-hydrogen) atoms. The van der Waals surface area contributed by atoms with E-state index in [1.54, 1.807) is 0 Å². The summed E-state index contributed by atoms with van der Waals surface area (Å²) in [5.74, 6) is 0. The normalized spacial score (nSPS) is 14.9. The zero-order valence-electron chi connectivity index (χ0n) is 8.47. The van der Waals surface area contributed by atoms with Gasteiger partial charge in [-0.2, -0.15) is 0 Å². The molecule has 0 saturated carbocycles. The second-order valence-electron chi connectivity index (χ2n) is 3.67. The lowest BCUT2D eigenvalue weighted by Crippen LogP contribution is -2.27. The summed E-state index contributed by atoms with van der Waals surface area (Å²) in [7, 11) is 0. The van der Waals surface area contributed by atoms with Gasteiger partial charge in [0.2, 0.25) is 0 Å². The first-order valence-corrected chi connectivity index (χ1v) is 5.40. The lowest BCUT2D eigenvalue weighted by Gasteiger charge is -2.15. The van der Waals surface area contributed by atoms with Crippen LogP contribution in [0.2, 0.25) is 0 Å². The zero-order valence-corrected chi connectivity index (χ0v) is 10.1. The third-order valence-corrected chi connectivity index (χ3v) is 2.39. The van der Waals surface area contributed by atoms with Crippen LogP contribution < -0.4 is 0 Å². The van der Waals surface area contributed by atoms with E-state index < -0.39 is 12.3 Å². The number of hydrogen-bond acceptors (Lipinski definition) is 1. The number of alkyl halides is 2. The number of halogens is 3. The minimum Gasteiger partial charge on any atom is -0.373 e. The topological polar surface area (TPSA) is 9.23 Å². The van der Waals surface area contributed by atoms with E-state index >= 15 is 0 Å². The fourth-order valence-electron chi connectivity index (χ4n) is 1.00. The van der Waals surface area contributed by atoms with Crippen LogP contribution in [0.25, 0.3) is 0 Å². The van der Waals surface area contributed by atoms with Gasteiger partial charge in [-0.25, -0.2) is 8.78 Å². The standard InChI is InChI=1S/C11H13BrF2O/c1-11(14,7-13)8-15-6-9-2-4-10(12)5-3-9/h2-5H,6-8H2,1H3/t11-/m1/s1. The molecule has 0 heterocycles. The summed E-state index contributed by atoms with van der Waals surface area (Å²) in [6, 6.07) is 7.50. The van der Waals surface area contributed by atoms with Crippen molar-refractivity contribution in [3.8, 4) is 0 Å². The maximum Gasteiger partial charge on any atom is 0.159 e. The van der Waals surface area contributed by atoms with Crippen LogP contribution >= 0.6 is 15.9 Å². The van der Waals surface area contributed by atoms with Gasteiger partial charge in [-0.3, -0.25) is 0 Å². The van der Waals surface area contributed by atoms with Gasteiger partial charge in [0, 0.05) is 4.47 Å². The molecule has 1 aromatic carbocycles. The van der Waals surface area contributed by atoms with Crippen molar-refractivity contribution in [2.24, 2.45) is 0 Å². The summed E-state index contributed by atoms with van der Waals surface area (Å²) in [5, 5.41) is 0. The molecule has 1 atom stereocenters. The Hall–Kier alpha value is -0.480. The molecule has 4 heteroatoms. The molecule has 0 radical (unpaired) electrons. The first-order chi connectivity index (χ1) is 7.03.